The Kier molecular flexibility index (Phi) is 12.6. The molecule has 0 saturated carbocycles. The Hall–Kier alpha value is -10.9. The fraction of sp³-hybridized carbons (Fsp3) is 0. The highest BCUT2D eigenvalue weighted by Crippen LogP contribution is 2.48. The summed E-state index contributed by atoms with van der Waals surface area (Å²) in [6, 6.07) is 114. The Labute approximate surface area is 484 Å². The van der Waals surface area contributed by atoms with Crippen LogP contribution in [0.15, 0.2) is 320 Å². The number of nitrogens with one attached hydrogen (secondary N) is 1. The van der Waals surface area contributed by atoms with E-state index in [9.17, 15) is 0 Å². The van der Waals surface area contributed by atoms with E-state index in [-0.39, 0.29) is 0 Å². The summed E-state index contributed by atoms with van der Waals surface area (Å²) in [4.78, 5) is 4.86. The summed E-state index contributed by atoms with van der Waals surface area (Å²) in [5, 5.41) is 6.20. The lowest BCUT2D eigenvalue weighted by Gasteiger charge is -2.35. The highest BCUT2D eigenvalue weighted by Gasteiger charge is 2.33. The number of anilines is 8. The van der Waals surface area contributed by atoms with Crippen molar-refractivity contribution in [1.29, 1.82) is 0 Å². The molecule has 83 heavy (non-hydrogen) atoms. The molecular weight excluding hydrogens is 1010 g/mol. The summed E-state index contributed by atoms with van der Waals surface area (Å²) in [5.41, 5.74) is 26.2. The molecule has 1 aliphatic rings. The van der Waals surface area contributed by atoms with Crippen molar-refractivity contribution >= 4 is 85.6 Å². The first-order valence-electron chi connectivity index (χ1n) is 28.4. The molecule has 14 aromatic rings. The third kappa shape index (κ3) is 9.40. The molecule has 2 heterocycles. The number of fused-ring (bicyclic) bond motifs is 6. The molecule has 0 radical (unpaired) electrons. The van der Waals surface area contributed by atoms with E-state index in [0.717, 1.165) is 118 Å². The normalized spacial score (nSPS) is 11.7. The molecule has 1 aliphatic heterocycles. The van der Waals surface area contributed by atoms with Crippen LogP contribution in [0.2, 0.25) is 0 Å². The predicted molar refractivity (Wildman–Crippen MR) is 352 cm³/mol. The number of nitrogens with zero attached hydrogens (tertiary/aromatic N) is 2. The maximum atomic E-state index is 7.18. The van der Waals surface area contributed by atoms with Gasteiger partial charge in [0.2, 0.25) is 0 Å². The third-order valence-electron chi connectivity index (χ3n) is 16.2. The highest BCUT2D eigenvalue weighted by atomic mass is 16.3. The summed E-state index contributed by atoms with van der Waals surface area (Å²) >= 11 is 0. The second-order valence-corrected chi connectivity index (χ2v) is 21.3. The summed E-state index contributed by atoms with van der Waals surface area (Å²) in [5.74, 6) is 0. The van der Waals surface area contributed by atoms with E-state index in [0.29, 0.717) is 7.28 Å². The molecule has 1 aromatic heterocycles. The first-order valence-corrected chi connectivity index (χ1v) is 28.4. The van der Waals surface area contributed by atoms with Crippen LogP contribution in [-0.2, 0) is 0 Å². The van der Waals surface area contributed by atoms with Gasteiger partial charge in [0.25, 0.3) is 0 Å². The van der Waals surface area contributed by atoms with Crippen molar-refractivity contribution in [2.75, 3.05) is 15.1 Å². The zero-order valence-electron chi connectivity index (χ0n) is 45.5. The molecule has 0 spiro atoms. The first kappa shape index (κ1) is 49.2. The molecule has 0 amide bonds. The van der Waals surface area contributed by atoms with E-state index in [1.807, 2.05) is 0 Å². The molecule has 4 nitrogen and oxygen atoms in total. The minimum atomic E-state index is 0.676. The lowest BCUT2D eigenvalue weighted by atomic mass is 9.57. The molecule has 390 valence electrons. The first-order chi connectivity index (χ1) is 41.1. The Morgan fingerprint density at radius 1 is 0.337 bits per heavy atom. The van der Waals surface area contributed by atoms with Crippen LogP contribution in [-0.4, -0.2) is 7.28 Å². The van der Waals surface area contributed by atoms with Crippen molar-refractivity contribution in [3.8, 4) is 66.8 Å². The van der Waals surface area contributed by atoms with Crippen molar-refractivity contribution in [3.05, 3.63) is 315 Å². The number of rotatable bonds is 12. The van der Waals surface area contributed by atoms with Gasteiger partial charge in [-0.2, -0.15) is 0 Å². The number of hydrogen-bond acceptors (Lipinski definition) is 4. The van der Waals surface area contributed by atoms with Crippen LogP contribution in [0.3, 0.4) is 0 Å². The molecular formula is C78H54BN3O. The number of para-hydroxylation sites is 1. The topological polar surface area (TPSA) is 31.6 Å². The van der Waals surface area contributed by atoms with Crippen molar-refractivity contribution in [2.24, 2.45) is 0 Å². The monoisotopic (exact) mass is 1060 g/mol. The molecule has 5 heteroatoms. The minimum absolute atomic E-state index is 0.676. The SMILES string of the molecule is B1c2ccc(-c3ccccc3)cc2N(c2cccc(-c3ccccc3)c2)c2c1c(-c1ccc(N(c3ccc(-c4ccccc4)cc3)c3ccc(-c4ccccc4)cc3)cc1Nc1cccc(-c3ccccc3)c1)cc1c2oc2ccccc21. The fourth-order valence-corrected chi connectivity index (χ4v) is 12.2. The van der Waals surface area contributed by atoms with Gasteiger partial charge in [0, 0.05) is 56.1 Å². The smallest absolute Gasteiger partial charge is 0.198 e. The number of hydrogen-bond donors (Lipinski definition) is 1. The van der Waals surface area contributed by atoms with Gasteiger partial charge >= 0.3 is 0 Å². The van der Waals surface area contributed by atoms with Gasteiger partial charge in [0.05, 0.1) is 5.69 Å². The molecule has 0 fully saturated rings. The van der Waals surface area contributed by atoms with Crippen LogP contribution in [0, 0.1) is 0 Å². The highest BCUT2D eigenvalue weighted by molar-refractivity contribution is 6.74. The number of benzene rings is 13. The van der Waals surface area contributed by atoms with E-state index < -0.39 is 0 Å². The summed E-state index contributed by atoms with van der Waals surface area (Å²) in [7, 11) is 0.676. The van der Waals surface area contributed by atoms with E-state index >= 15 is 0 Å². The van der Waals surface area contributed by atoms with E-state index in [2.05, 4.69) is 331 Å². The molecule has 0 atom stereocenters. The average molecular weight is 1060 g/mol. The van der Waals surface area contributed by atoms with Gasteiger partial charge in [0.1, 0.15) is 5.58 Å². The van der Waals surface area contributed by atoms with Crippen LogP contribution in [0.4, 0.5) is 45.5 Å². The minimum Gasteiger partial charge on any atom is -0.454 e. The predicted octanol–water partition coefficient (Wildman–Crippen LogP) is 20.0. The summed E-state index contributed by atoms with van der Waals surface area (Å²) in [6.07, 6.45) is 0. The molecule has 1 N–H and O–H groups in total. The maximum absolute atomic E-state index is 7.18. The molecule has 0 unspecified atom stereocenters. The van der Waals surface area contributed by atoms with Crippen LogP contribution in [0.5, 0.6) is 0 Å². The van der Waals surface area contributed by atoms with Crippen LogP contribution in [0.1, 0.15) is 0 Å². The van der Waals surface area contributed by atoms with Crippen molar-refractivity contribution < 1.29 is 4.42 Å². The number of furan rings is 1. The van der Waals surface area contributed by atoms with Gasteiger partial charge in [-0.05, 0) is 146 Å². The van der Waals surface area contributed by atoms with Gasteiger partial charge < -0.3 is 19.5 Å². The van der Waals surface area contributed by atoms with Gasteiger partial charge in [-0.15, -0.1) is 0 Å². The largest absolute Gasteiger partial charge is 0.454 e. The molecule has 0 saturated heterocycles. The second kappa shape index (κ2) is 21.3. The lowest BCUT2D eigenvalue weighted by molar-refractivity contribution is 0.669. The Morgan fingerprint density at radius 2 is 0.807 bits per heavy atom. The van der Waals surface area contributed by atoms with Crippen molar-refractivity contribution in [3.63, 3.8) is 0 Å². The van der Waals surface area contributed by atoms with Crippen molar-refractivity contribution in [1.82, 2.24) is 0 Å². The van der Waals surface area contributed by atoms with Crippen LogP contribution in [0.25, 0.3) is 88.7 Å². The Bertz CT molecular complexity index is 4560. The molecule has 13 aromatic carbocycles. The Morgan fingerprint density at radius 3 is 1.40 bits per heavy atom. The van der Waals surface area contributed by atoms with Gasteiger partial charge in [0.15, 0.2) is 12.9 Å². The van der Waals surface area contributed by atoms with Crippen molar-refractivity contribution in [2.45, 2.75) is 0 Å². The maximum Gasteiger partial charge on any atom is 0.198 e. The summed E-state index contributed by atoms with van der Waals surface area (Å²) < 4.78 is 7.18. The standard InChI is InChI=1S/C78H54BN3O/c1-6-20-53(21-7-1)58-36-41-64(42-37-58)81(65-43-38-59(39-44-65)54-22-8-2-9-23-54)67-45-46-68(73(51-67)80-63-32-18-30-60(48-63)55-24-10-3-11-25-55)70-52-71-69-34-16-17-35-75(69)83-78(71)77-76(70)79-72-47-40-62(57-28-14-5-15-29-57)50-74(72)82(77)66-33-19-31-61(49-66)56-26-12-4-13-27-56/h1-52,79-80H. The van der Waals surface area contributed by atoms with E-state index in [1.165, 1.54) is 27.6 Å². The lowest BCUT2D eigenvalue weighted by Crippen LogP contribution is -2.41. The van der Waals surface area contributed by atoms with E-state index in [4.69, 9.17) is 4.42 Å². The third-order valence-corrected chi connectivity index (χ3v) is 16.2. The van der Waals surface area contributed by atoms with Gasteiger partial charge in [-0.1, -0.05) is 242 Å². The van der Waals surface area contributed by atoms with Gasteiger partial charge in [-0.3, -0.25) is 0 Å². The second-order valence-electron chi connectivity index (χ2n) is 21.3. The Balaban J connectivity index is 0.969. The fourth-order valence-electron chi connectivity index (χ4n) is 12.2. The zero-order valence-corrected chi connectivity index (χ0v) is 45.5. The molecule has 0 aliphatic carbocycles. The quantitative estimate of drug-likeness (QED) is 0.124. The van der Waals surface area contributed by atoms with Gasteiger partial charge in [-0.25, -0.2) is 0 Å². The van der Waals surface area contributed by atoms with Crippen LogP contribution < -0.4 is 26.0 Å². The van der Waals surface area contributed by atoms with Crippen LogP contribution >= 0.6 is 0 Å². The zero-order chi connectivity index (χ0) is 55.1. The average Bonchev–Trinajstić information content (AvgIpc) is 2.74. The summed E-state index contributed by atoms with van der Waals surface area (Å²) in [6.45, 7) is 0. The molecule has 0 bridgehead atoms. The molecule has 15 rings (SSSR count). The van der Waals surface area contributed by atoms with E-state index in [1.54, 1.807) is 0 Å².